The molecule has 0 unspecified atom stereocenters. The Bertz CT molecular complexity index is 622. The normalized spacial score (nSPS) is 13.9. The molecule has 1 aromatic rings. The number of hydrogen-bond donors (Lipinski definition) is 1. The third kappa shape index (κ3) is 1.61. The summed E-state index contributed by atoms with van der Waals surface area (Å²) in [5.41, 5.74) is -0.484. The number of hydrogen-bond acceptors (Lipinski definition) is 4. The molecule has 0 aliphatic carbocycles. The lowest BCUT2D eigenvalue weighted by Crippen LogP contribution is -2.38. The molecule has 17 heavy (non-hydrogen) atoms. The van der Waals surface area contributed by atoms with Gasteiger partial charge in [0.2, 0.25) is 5.91 Å². The van der Waals surface area contributed by atoms with E-state index in [1.165, 1.54) is 0 Å². The van der Waals surface area contributed by atoms with E-state index in [2.05, 4.69) is 10.2 Å². The van der Waals surface area contributed by atoms with Crippen LogP contribution >= 0.6 is 0 Å². The molecule has 6 heteroatoms. The molecule has 0 bridgehead atoms. The highest BCUT2D eigenvalue weighted by Crippen LogP contribution is 2.25. The van der Waals surface area contributed by atoms with E-state index in [4.69, 9.17) is 11.0 Å². The van der Waals surface area contributed by atoms with Crippen molar-refractivity contribution in [3.05, 3.63) is 38.7 Å². The number of nitrogens with one attached hydrogen (secondary N) is 1. The summed E-state index contributed by atoms with van der Waals surface area (Å²) in [6, 6.07) is 0. The number of nitrogens with zero attached hydrogens (tertiary/aromatic N) is 1. The first-order valence-corrected chi connectivity index (χ1v) is 4.99. The number of amides is 2. The van der Waals surface area contributed by atoms with E-state index in [0.717, 1.165) is 0 Å². The van der Waals surface area contributed by atoms with E-state index < -0.39 is 17.4 Å². The van der Waals surface area contributed by atoms with E-state index >= 15 is 0 Å². The minimum Gasteiger partial charge on any atom is -0.435 e. The summed E-state index contributed by atoms with van der Waals surface area (Å²) in [5.74, 6) is -1.07. The highest BCUT2D eigenvalue weighted by atomic mass is 16.4. The van der Waals surface area contributed by atoms with Gasteiger partial charge in [-0.05, 0) is 12.0 Å². The molecule has 1 N–H and O–H groups in total. The molecule has 1 aliphatic rings. The first-order chi connectivity index (χ1) is 8.08. The van der Waals surface area contributed by atoms with Gasteiger partial charge in [0.15, 0.2) is 0 Å². The quantitative estimate of drug-likeness (QED) is 0.566. The Morgan fingerprint density at radius 3 is 2.71 bits per heavy atom. The highest BCUT2D eigenvalue weighted by molar-refractivity contribution is 6.10. The molecule has 2 rings (SSSR count). The smallest absolute Gasteiger partial charge is 0.341 e. The second-order valence-corrected chi connectivity index (χ2v) is 3.53. The zero-order valence-electron chi connectivity index (χ0n) is 8.99. The average Bonchev–Trinajstić information content (AvgIpc) is 2.26. The van der Waals surface area contributed by atoms with Gasteiger partial charge in [-0.3, -0.25) is 19.7 Å². The van der Waals surface area contributed by atoms with Crippen molar-refractivity contribution in [2.24, 2.45) is 0 Å². The molecule has 1 aliphatic heterocycles. The second-order valence-electron chi connectivity index (χ2n) is 3.53. The molecule has 0 fully saturated rings. The first kappa shape index (κ1) is 11.1. The van der Waals surface area contributed by atoms with E-state index in [0.29, 0.717) is 12.0 Å². The standard InChI is InChI=1S/C11H8N2O4/c1-3-5-8-6(4-7(14)13-10(8)15)17-11(16)9(5)12-2/h3-4H2,1H3,(H,13,14,15). The lowest BCUT2D eigenvalue weighted by atomic mass is 9.99. The van der Waals surface area contributed by atoms with Crippen molar-refractivity contribution in [3.63, 3.8) is 0 Å². The summed E-state index contributed by atoms with van der Waals surface area (Å²) in [5, 5.41) is 2.14. The Labute approximate surface area is 96.1 Å². The summed E-state index contributed by atoms with van der Waals surface area (Å²) in [6.07, 6.45) is 0.203. The van der Waals surface area contributed by atoms with Gasteiger partial charge >= 0.3 is 5.63 Å². The first-order valence-electron chi connectivity index (χ1n) is 4.99. The number of carbonyl (C=O) groups excluding carboxylic acids is 2. The largest absolute Gasteiger partial charge is 0.435 e. The molecule has 0 atom stereocenters. The van der Waals surface area contributed by atoms with Crippen LogP contribution in [-0.4, -0.2) is 11.8 Å². The van der Waals surface area contributed by atoms with Gasteiger partial charge < -0.3 is 4.42 Å². The SMILES string of the molecule is [C-]#[N+]c1c(CC)c2c(oc1=O)CC(=O)NC2=O. The van der Waals surface area contributed by atoms with E-state index in [9.17, 15) is 14.4 Å². The van der Waals surface area contributed by atoms with Crippen LogP contribution < -0.4 is 10.9 Å². The summed E-state index contributed by atoms with van der Waals surface area (Å²) in [6.45, 7) is 8.65. The third-order valence-corrected chi connectivity index (χ3v) is 2.54. The van der Waals surface area contributed by atoms with E-state index in [1.807, 2.05) is 0 Å². The van der Waals surface area contributed by atoms with Gasteiger partial charge in [0.1, 0.15) is 5.76 Å². The van der Waals surface area contributed by atoms with Crippen LogP contribution in [0.25, 0.3) is 4.85 Å². The molecule has 0 saturated carbocycles. The molecule has 2 amide bonds. The van der Waals surface area contributed by atoms with Crippen LogP contribution in [0, 0.1) is 6.57 Å². The lowest BCUT2D eigenvalue weighted by molar-refractivity contribution is -0.120. The zero-order valence-corrected chi connectivity index (χ0v) is 8.99. The topological polar surface area (TPSA) is 80.7 Å². The molecule has 6 nitrogen and oxygen atoms in total. The molecule has 0 spiro atoms. The molecule has 0 aromatic carbocycles. The predicted molar refractivity (Wildman–Crippen MR) is 56.8 cm³/mol. The molecular formula is C11H8N2O4. The van der Waals surface area contributed by atoms with Crippen molar-refractivity contribution in [3.8, 4) is 0 Å². The monoisotopic (exact) mass is 232 g/mol. The maximum absolute atomic E-state index is 11.7. The van der Waals surface area contributed by atoms with Crippen LogP contribution in [0.1, 0.15) is 28.6 Å². The van der Waals surface area contributed by atoms with Crippen molar-refractivity contribution >= 4 is 17.5 Å². The van der Waals surface area contributed by atoms with E-state index in [1.54, 1.807) is 6.92 Å². The fourth-order valence-corrected chi connectivity index (χ4v) is 1.85. The Kier molecular flexibility index (Phi) is 2.52. The Morgan fingerprint density at radius 1 is 1.41 bits per heavy atom. The predicted octanol–water partition coefficient (Wildman–Crippen LogP) is 0.565. The van der Waals surface area contributed by atoms with Gasteiger partial charge in [0, 0.05) is 0 Å². The molecule has 0 radical (unpaired) electrons. The lowest BCUT2D eigenvalue weighted by Gasteiger charge is -2.17. The van der Waals surface area contributed by atoms with Gasteiger partial charge in [-0.15, -0.1) is 0 Å². The number of carbonyl (C=O) groups is 2. The Morgan fingerprint density at radius 2 is 2.12 bits per heavy atom. The summed E-state index contributed by atoms with van der Waals surface area (Å²) < 4.78 is 4.85. The van der Waals surface area contributed by atoms with Crippen LogP contribution in [0.2, 0.25) is 0 Å². The summed E-state index contributed by atoms with van der Waals surface area (Å²) in [4.78, 5) is 37.4. The minimum atomic E-state index is -0.793. The third-order valence-electron chi connectivity index (χ3n) is 2.54. The average molecular weight is 232 g/mol. The number of imide groups is 1. The molecular weight excluding hydrogens is 224 g/mol. The number of fused-ring (bicyclic) bond motifs is 1. The van der Waals surface area contributed by atoms with Crippen molar-refractivity contribution in [1.29, 1.82) is 0 Å². The highest BCUT2D eigenvalue weighted by Gasteiger charge is 2.30. The summed E-state index contributed by atoms with van der Waals surface area (Å²) >= 11 is 0. The molecule has 86 valence electrons. The zero-order chi connectivity index (χ0) is 12.6. The maximum Gasteiger partial charge on any atom is 0.341 e. The molecule has 2 heterocycles. The van der Waals surface area contributed by atoms with Crippen LogP contribution in [-0.2, 0) is 17.6 Å². The van der Waals surface area contributed by atoms with Crippen molar-refractivity contribution in [2.45, 2.75) is 19.8 Å². The maximum atomic E-state index is 11.7. The fraction of sp³-hybridized carbons (Fsp3) is 0.273. The van der Waals surface area contributed by atoms with Gasteiger partial charge in [0.05, 0.1) is 18.6 Å². The van der Waals surface area contributed by atoms with Crippen LogP contribution in [0.3, 0.4) is 0 Å². The number of rotatable bonds is 1. The van der Waals surface area contributed by atoms with Crippen LogP contribution in [0.15, 0.2) is 9.21 Å². The summed E-state index contributed by atoms with van der Waals surface area (Å²) in [7, 11) is 0. The minimum absolute atomic E-state index is 0.0491. The van der Waals surface area contributed by atoms with Crippen LogP contribution in [0.5, 0.6) is 0 Å². The van der Waals surface area contributed by atoms with Gasteiger partial charge in [-0.2, -0.15) is 0 Å². The molecule has 1 aromatic heterocycles. The van der Waals surface area contributed by atoms with Crippen molar-refractivity contribution < 1.29 is 14.0 Å². The second kappa shape index (κ2) is 3.87. The van der Waals surface area contributed by atoms with Crippen LogP contribution in [0.4, 0.5) is 5.69 Å². The Balaban J connectivity index is 2.82. The van der Waals surface area contributed by atoms with Gasteiger partial charge in [-0.1, -0.05) is 6.92 Å². The molecule has 0 saturated heterocycles. The van der Waals surface area contributed by atoms with Crippen molar-refractivity contribution in [2.75, 3.05) is 0 Å². The fourth-order valence-electron chi connectivity index (χ4n) is 1.85. The van der Waals surface area contributed by atoms with E-state index in [-0.39, 0.29) is 23.4 Å². The van der Waals surface area contributed by atoms with Gasteiger partial charge in [-0.25, -0.2) is 4.85 Å². The Hall–Kier alpha value is -2.42. The van der Waals surface area contributed by atoms with Crippen molar-refractivity contribution in [1.82, 2.24) is 5.32 Å². The van der Waals surface area contributed by atoms with Gasteiger partial charge in [0.25, 0.3) is 11.6 Å².